The molecule has 0 rings (SSSR count). The van der Waals surface area contributed by atoms with Crippen molar-refractivity contribution >= 4 is 17.2 Å². The summed E-state index contributed by atoms with van der Waals surface area (Å²) in [6.45, 7) is 2.25. The Morgan fingerprint density at radius 2 is 1.50 bits per heavy atom. The van der Waals surface area contributed by atoms with E-state index in [0.717, 1.165) is 11.4 Å². The second-order valence-electron chi connectivity index (χ2n) is 3.79. The van der Waals surface area contributed by atoms with Crippen LogP contribution >= 0.6 is 12.2 Å². The molecule has 14 heavy (non-hydrogen) atoms. The molecule has 0 bridgehead atoms. The lowest BCUT2D eigenvalue weighted by atomic mass is 10.1. The zero-order valence-electron chi connectivity index (χ0n) is 9.35. The predicted octanol–water partition coefficient (Wildman–Crippen LogP) is 3.31. The van der Waals surface area contributed by atoms with E-state index in [2.05, 4.69) is 12.3 Å². The van der Waals surface area contributed by atoms with Crippen molar-refractivity contribution < 1.29 is 0 Å². The van der Waals surface area contributed by atoms with Crippen LogP contribution in [0.15, 0.2) is 0 Å². The zero-order valence-corrected chi connectivity index (χ0v) is 10.2. The molecule has 0 aliphatic heterocycles. The number of nitrogens with one attached hydrogen (secondary N) is 1. The Morgan fingerprint density at radius 3 is 2.00 bits per heavy atom. The molecule has 0 aliphatic carbocycles. The third-order valence-electron chi connectivity index (χ3n) is 2.42. The van der Waals surface area contributed by atoms with E-state index in [0.29, 0.717) is 0 Å². The van der Waals surface area contributed by atoms with E-state index < -0.39 is 0 Å². The maximum absolute atomic E-state index is 5.18. The Hall–Kier alpha value is -0.150. The first-order valence-corrected chi connectivity index (χ1v) is 6.21. The second kappa shape index (κ2) is 10.9. The van der Waals surface area contributed by atoms with Gasteiger partial charge in [0.05, 0.1) is 4.99 Å². The lowest BCUT2D eigenvalue weighted by Gasteiger charge is -2.02. The van der Waals surface area contributed by atoms with E-state index in [1.807, 2.05) is 0 Å². The second-order valence-corrected chi connectivity index (χ2v) is 4.29. The highest BCUT2D eigenvalue weighted by atomic mass is 32.1. The predicted molar refractivity (Wildman–Crippen MR) is 67.1 cm³/mol. The number of thiocarbonyl (C=S) groups is 1. The lowest BCUT2D eigenvalue weighted by Crippen LogP contribution is -2.28. The van der Waals surface area contributed by atoms with Crippen LogP contribution in [0.3, 0.4) is 0 Å². The largest absolute Gasteiger partial charge is 0.318 e. The van der Waals surface area contributed by atoms with E-state index >= 15 is 0 Å². The molecule has 0 saturated carbocycles. The number of unbranched alkanes of at least 4 members (excludes halogenated alkanes) is 7. The van der Waals surface area contributed by atoms with Crippen LogP contribution in [-0.4, -0.2) is 4.99 Å². The van der Waals surface area contributed by atoms with Gasteiger partial charge in [-0.2, -0.15) is 0 Å². The molecular weight excluding hydrogens is 192 g/mol. The SMILES string of the molecule is CCCCCCCCCCC(=S)NN. The van der Waals surface area contributed by atoms with Gasteiger partial charge in [0.1, 0.15) is 0 Å². The highest BCUT2D eigenvalue weighted by Gasteiger charge is 1.94. The van der Waals surface area contributed by atoms with E-state index in [4.69, 9.17) is 18.1 Å². The number of hydrogen-bond acceptors (Lipinski definition) is 2. The molecule has 0 saturated heterocycles. The maximum Gasteiger partial charge on any atom is 0.0893 e. The number of hydrazine groups is 1. The highest BCUT2D eigenvalue weighted by molar-refractivity contribution is 7.80. The summed E-state index contributed by atoms with van der Waals surface area (Å²) >= 11 is 4.95. The minimum Gasteiger partial charge on any atom is -0.318 e. The Kier molecular flexibility index (Phi) is 10.8. The van der Waals surface area contributed by atoms with Gasteiger partial charge in [-0.15, -0.1) is 0 Å². The first-order valence-electron chi connectivity index (χ1n) is 5.80. The van der Waals surface area contributed by atoms with E-state index in [-0.39, 0.29) is 0 Å². The van der Waals surface area contributed by atoms with Crippen LogP contribution < -0.4 is 11.3 Å². The summed E-state index contributed by atoms with van der Waals surface area (Å²) in [5.74, 6) is 5.18. The van der Waals surface area contributed by atoms with Crippen LogP contribution in [0, 0.1) is 0 Å². The van der Waals surface area contributed by atoms with Crippen molar-refractivity contribution in [2.75, 3.05) is 0 Å². The number of hydrogen-bond donors (Lipinski definition) is 2. The lowest BCUT2D eigenvalue weighted by molar-refractivity contribution is 0.579. The summed E-state index contributed by atoms with van der Waals surface area (Å²) in [4.78, 5) is 0.788. The summed E-state index contributed by atoms with van der Waals surface area (Å²) in [5, 5.41) is 0. The topological polar surface area (TPSA) is 38.0 Å². The van der Waals surface area contributed by atoms with Gasteiger partial charge in [-0.05, 0) is 12.8 Å². The average molecular weight is 216 g/mol. The molecule has 0 radical (unpaired) electrons. The molecule has 0 heterocycles. The van der Waals surface area contributed by atoms with Crippen LogP contribution in [0.25, 0.3) is 0 Å². The van der Waals surface area contributed by atoms with Crippen molar-refractivity contribution in [2.45, 2.75) is 64.7 Å². The van der Waals surface area contributed by atoms with Crippen molar-refractivity contribution in [2.24, 2.45) is 5.84 Å². The molecule has 0 aliphatic rings. The smallest absolute Gasteiger partial charge is 0.0893 e. The Balaban J connectivity index is 2.95. The van der Waals surface area contributed by atoms with Gasteiger partial charge in [0.15, 0.2) is 0 Å². The zero-order chi connectivity index (χ0) is 10.6. The molecule has 0 fully saturated rings. The van der Waals surface area contributed by atoms with Crippen LogP contribution in [0.5, 0.6) is 0 Å². The monoisotopic (exact) mass is 216 g/mol. The average Bonchev–Trinajstić information content (AvgIpc) is 2.21. The molecule has 84 valence electrons. The fraction of sp³-hybridized carbons (Fsp3) is 0.909. The van der Waals surface area contributed by atoms with Gasteiger partial charge in [0.2, 0.25) is 0 Å². The van der Waals surface area contributed by atoms with Gasteiger partial charge in [0, 0.05) is 0 Å². The van der Waals surface area contributed by atoms with E-state index in [9.17, 15) is 0 Å². The van der Waals surface area contributed by atoms with Gasteiger partial charge in [-0.1, -0.05) is 64.1 Å². The molecule has 0 aromatic rings. The molecule has 0 spiro atoms. The normalized spacial score (nSPS) is 10.1. The van der Waals surface area contributed by atoms with Gasteiger partial charge in [0.25, 0.3) is 0 Å². The number of nitrogens with two attached hydrogens (primary N) is 1. The summed E-state index contributed by atoms with van der Waals surface area (Å²) in [5.41, 5.74) is 2.52. The van der Waals surface area contributed by atoms with E-state index in [1.165, 1.54) is 51.4 Å². The first kappa shape index (κ1) is 13.8. The van der Waals surface area contributed by atoms with E-state index in [1.54, 1.807) is 0 Å². The van der Waals surface area contributed by atoms with Gasteiger partial charge < -0.3 is 5.43 Å². The van der Waals surface area contributed by atoms with Crippen molar-refractivity contribution in [1.29, 1.82) is 0 Å². The molecule has 0 atom stereocenters. The summed E-state index contributed by atoms with van der Waals surface area (Å²) in [6.07, 6.45) is 11.6. The van der Waals surface area contributed by atoms with Gasteiger partial charge in [-0.3, -0.25) is 5.84 Å². The third kappa shape index (κ3) is 9.93. The van der Waals surface area contributed by atoms with Crippen LogP contribution in [0.4, 0.5) is 0 Å². The van der Waals surface area contributed by atoms with Crippen molar-refractivity contribution in [1.82, 2.24) is 5.43 Å². The van der Waals surface area contributed by atoms with Crippen molar-refractivity contribution in [3.05, 3.63) is 0 Å². The molecule has 0 unspecified atom stereocenters. The minimum absolute atomic E-state index is 0.788. The standard InChI is InChI=1S/C11H24N2S/c1-2-3-4-5-6-7-8-9-10-11(14)13-12/h2-10,12H2,1H3,(H,13,14). The van der Waals surface area contributed by atoms with Gasteiger partial charge >= 0.3 is 0 Å². The van der Waals surface area contributed by atoms with Crippen molar-refractivity contribution in [3.8, 4) is 0 Å². The van der Waals surface area contributed by atoms with Crippen LogP contribution in [0.1, 0.15) is 64.7 Å². The Bertz CT molecular complexity index is 137. The molecular formula is C11H24N2S. The summed E-state index contributed by atoms with van der Waals surface area (Å²) < 4.78 is 0. The van der Waals surface area contributed by atoms with Gasteiger partial charge in [-0.25, -0.2) is 0 Å². The quantitative estimate of drug-likeness (QED) is 0.269. The molecule has 2 nitrogen and oxygen atoms in total. The maximum atomic E-state index is 5.18. The summed E-state index contributed by atoms with van der Waals surface area (Å²) in [6, 6.07) is 0. The molecule has 0 aromatic carbocycles. The minimum atomic E-state index is 0.788. The van der Waals surface area contributed by atoms with Crippen LogP contribution in [-0.2, 0) is 0 Å². The van der Waals surface area contributed by atoms with Crippen LogP contribution in [0.2, 0.25) is 0 Å². The highest BCUT2D eigenvalue weighted by Crippen LogP contribution is 2.09. The summed E-state index contributed by atoms with van der Waals surface area (Å²) in [7, 11) is 0. The molecule has 3 N–H and O–H groups in total. The fourth-order valence-corrected chi connectivity index (χ4v) is 1.64. The Labute approximate surface area is 93.6 Å². The first-order chi connectivity index (χ1) is 6.81. The van der Waals surface area contributed by atoms with Crippen molar-refractivity contribution in [3.63, 3.8) is 0 Å². The third-order valence-corrected chi connectivity index (χ3v) is 2.74. The number of rotatable bonds is 9. The fourth-order valence-electron chi connectivity index (χ4n) is 1.49. The molecule has 0 aromatic heterocycles. The molecule has 0 amide bonds. The molecule has 3 heteroatoms. The Morgan fingerprint density at radius 1 is 1.00 bits per heavy atom.